The zero-order valence-electron chi connectivity index (χ0n) is 9.16. The average Bonchev–Trinajstić information content (AvgIpc) is 2.84. The van der Waals surface area contributed by atoms with Crippen LogP contribution in [0.25, 0.3) is 0 Å². The van der Waals surface area contributed by atoms with Crippen molar-refractivity contribution in [1.82, 2.24) is 20.8 Å². The minimum atomic E-state index is -0.374. The van der Waals surface area contributed by atoms with Gasteiger partial charge >= 0.3 is 0 Å². The second kappa shape index (κ2) is 4.63. The molecule has 0 aromatic carbocycles. The first-order valence-corrected chi connectivity index (χ1v) is 5.36. The number of carbonyl (C=O) groups is 1. The Labute approximate surface area is 93.4 Å². The van der Waals surface area contributed by atoms with Crippen LogP contribution in [-0.2, 0) is 0 Å². The maximum atomic E-state index is 11.6. The summed E-state index contributed by atoms with van der Waals surface area (Å²) < 4.78 is 0. The maximum absolute atomic E-state index is 11.6. The second-order valence-electron chi connectivity index (χ2n) is 4.13. The summed E-state index contributed by atoms with van der Waals surface area (Å²) >= 11 is 0. The predicted octanol–water partition coefficient (Wildman–Crippen LogP) is -0.972. The summed E-state index contributed by atoms with van der Waals surface area (Å²) in [6, 6.07) is 1.69. The zero-order chi connectivity index (χ0) is 11.5. The molecule has 1 aromatic rings. The van der Waals surface area contributed by atoms with Gasteiger partial charge in [-0.2, -0.15) is 5.10 Å². The SMILES string of the molecule is Cc1cc(C(=O)NCC2CNCC2O)n[nH]1. The van der Waals surface area contributed by atoms with Gasteiger partial charge in [0, 0.05) is 31.2 Å². The van der Waals surface area contributed by atoms with Gasteiger partial charge in [-0.1, -0.05) is 0 Å². The first-order chi connectivity index (χ1) is 7.66. The Morgan fingerprint density at radius 3 is 3.06 bits per heavy atom. The van der Waals surface area contributed by atoms with Crippen LogP contribution in [0.1, 0.15) is 16.2 Å². The molecule has 2 heterocycles. The Morgan fingerprint density at radius 2 is 2.50 bits per heavy atom. The number of rotatable bonds is 3. The summed E-state index contributed by atoms with van der Waals surface area (Å²) in [6.07, 6.45) is -0.374. The number of aliphatic hydroxyl groups is 1. The summed E-state index contributed by atoms with van der Waals surface area (Å²) in [5, 5.41) is 21.9. The molecule has 6 heteroatoms. The number of aliphatic hydroxyl groups excluding tert-OH is 1. The van der Waals surface area contributed by atoms with Gasteiger partial charge in [0.2, 0.25) is 0 Å². The molecular formula is C10H16N4O2. The minimum absolute atomic E-state index is 0.0870. The Balaban J connectivity index is 1.84. The van der Waals surface area contributed by atoms with Crippen molar-refractivity contribution < 1.29 is 9.90 Å². The van der Waals surface area contributed by atoms with Crippen LogP contribution in [0.2, 0.25) is 0 Å². The van der Waals surface area contributed by atoms with E-state index < -0.39 is 0 Å². The lowest BCUT2D eigenvalue weighted by molar-refractivity contribution is 0.0922. The van der Waals surface area contributed by atoms with Crippen LogP contribution in [-0.4, -0.2) is 46.9 Å². The van der Waals surface area contributed by atoms with E-state index in [4.69, 9.17) is 0 Å². The zero-order valence-corrected chi connectivity index (χ0v) is 9.16. The summed E-state index contributed by atoms with van der Waals surface area (Å²) in [6.45, 7) is 3.65. The molecule has 1 amide bonds. The number of amides is 1. The summed E-state index contributed by atoms with van der Waals surface area (Å²) in [7, 11) is 0. The molecule has 2 atom stereocenters. The molecule has 1 fully saturated rings. The van der Waals surface area contributed by atoms with Crippen LogP contribution in [0, 0.1) is 12.8 Å². The number of nitrogens with one attached hydrogen (secondary N) is 3. The Bertz CT molecular complexity index is 377. The normalized spacial score (nSPS) is 24.6. The number of aromatic amines is 1. The van der Waals surface area contributed by atoms with Crippen LogP contribution in [0.5, 0.6) is 0 Å². The van der Waals surface area contributed by atoms with E-state index in [-0.39, 0.29) is 17.9 Å². The molecule has 1 saturated heterocycles. The van der Waals surface area contributed by atoms with Crippen molar-refractivity contribution in [3.05, 3.63) is 17.5 Å². The van der Waals surface area contributed by atoms with Gasteiger partial charge in [0.1, 0.15) is 5.69 Å². The van der Waals surface area contributed by atoms with Gasteiger partial charge in [-0.3, -0.25) is 9.89 Å². The molecule has 2 rings (SSSR count). The molecule has 2 unspecified atom stereocenters. The van der Waals surface area contributed by atoms with E-state index in [9.17, 15) is 9.90 Å². The van der Waals surface area contributed by atoms with Gasteiger partial charge in [0.15, 0.2) is 0 Å². The summed E-state index contributed by atoms with van der Waals surface area (Å²) in [5.74, 6) is -0.118. The highest BCUT2D eigenvalue weighted by Crippen LogP contribution is 2.07. The highest BCUT2D eigenvalue weighted by Gasteiger charge is 2.25. The Hall–Kier alpha value is -1.40. The van der Waals surface area contributed by atoms with Crippen LogP contribution in [0.3, 0.4) is 0 Å². The van der Waals surface area contributed by atoms with Crippen molar-refractivity contribution >= 4 is 5.91 Å². The van der Waals surface area contributed by atoms with Crippen molar-refractivity contribution in [3.8, 4) is 0 Å². The van der Waals surface area contributed by atoms with E-state index >= 15 is 0 Å². The third kappa shape index (κ3) is 2.40. The highest BCUT2D eigenvalue weighted by molar-refractivity contribution is 5.92. The summed E-state index contributed by atoms with van der Waals surface area (Å²) in [4.78, 5) is 11.6. The minimum Gasteiger partial charge on any atom is -0.391 e. The monoisotopic (exact) mass is 224 g/mol. The Morgan fingerprint density at radius 1 is 1.69 bits per heavy atom. The van der Waals surface area contributed by atoms with E-state index in [0.29, 0.717) is 18.8 Å². The average molecular weight is 224 g/mol. The largest absolute Gasteiger partial charge is 0.391 e. The van der Waals surface area contributed by atoms with E-state index in [2.05, 4.69) is 20.8 Å². The molecule has 0 radical (unpaired) electrons. The second-order valence-corrected chi connectivity index (χ2v) is 4.13. The topological polar surface area (TPSA) is 90.0 Å². The number of hydrogen-bond donors (Lipinski definition) is 4. The third-order valence-electron chi connectivity index (χ3n) is 2.77. The summed E-state index contributed by atoms with van der Waals surface area (Å²) in [5.41, 5.74) is 1.24. The number of nitrogens with zero attached hydrogens (tertiary/aromatic N) is 1. The van der Waals surface area contributed by atoms with E-state index in [1.54, 1.807) is 6.07 Å². The van der Waals surface area contributed by atoms with Crippen LogP contribution >= 0.6 is 0 Å². The number of aromatic nitrogens is 2. The van der Waals surface area contributed by atoms with Crippen molar-refractivity contribution in [1.29, 1.82) is 0 Å². The van der Waals surface area contributed by atoms with Crippen LogP contribution in [0.4, 0.5) is 0 Å². The molecule has 1 aromatic heterocycles. The fraction of sp³-hybridized carbons (Fsp3) is 0.600. The van der Waals surface area contributed by atoms with E-state index in [1.807, 2.05) is 6.92 Å². The first kappa shape index (κ1) is 11.1. The number of hydrogen-bond acceptors (Lipinski definition) is 4. The van der Waals surface area contributed by atoms with E-state index in [0.717, 1.165) is 12.2 Å². The molecule has 1 aliphatic heterocycles. The molecule has 0 bridgehead atoms. The number of β-amino-alcohol motifs (C(OH)–C–C–N with tert-alkyl or cyclic N) is 1. The first-order valence-electron chi connectivity index (χ1n) is 5.36. The highest BCUT2D eigenvalue weighted by atomic mass is 16.3. The van der Waals surface area contributed by atoms with Gasteiger partial charge in [0.05, 0.1) is 6.10 Å². The lowest BCUT2D eigenvalue weighted by Gasteiger charge is -2.13. The van der Waals surface area contributed by atoms with Crippen molar-refractivity contribution in [3.63, 3.8) is 0 Å². The van der Waals surface area contributed by atoms with E-state index in [1.165, 1.54) is 0 Å². The molecule has 4 N–H and O–H groups in total. The molecule has 16 heavy (non-hydrogen) atoms. The Kier molecular flexibility index (Phi) is 3.21. The lowest BCUT2D eigenvalue weighted by atomic mass is 10.1. The van der Waals surface area contributed by atoms with Crippen molar-refractivity contribution in [2.75, 3.05) is 19.6 Å². The van der Waals surface area contributed by atoms with Crippen molar-refractivity contribution in [2.24, 2.45) is 5.92 Å². The number of aryl methyl sites for hydroxylation is 1. The van der Waals surface area contributed by atoms with Gasteiger partial charge in [0.25, 0.3) is 5.91 Å². The number of carbonyl (C=O) groups excluding carboxylic acids is 1. The molecule has 0 saturated carbocycles. The quantitative estimate of drug-likeness (QED) is 0.531. The molecular weight excluding hydrogens is 208 g/mol. The van der Waals surface area contributed by atoms with Gasteiger partial charge < -0.3 is 15.7 Å². The lowest BCUT2D eigenvalue weighted by Crippen LogP contribution is -2.34. The smallest absolute Gasteiger partial charge is 0.271 e. The fourth-order valence-corrected chi connectivity index (χ4v) is 1.78. The van der Waals surface area contributed by atoms with Gasteiger partial charge in [-0.15, -0.1) is 0 Å². The van der Waals surface area contributed by atoms with Crippen LogP contribution in [0.15, 0.2) is 6.07 Å². The maximum Gasteiger partial charge on any atom is 0.271 e. The predicted molar refractivity (Wildman–Crippen MR) is 58.0 cm³/mol. The van der Waals surface area contributed by atoms with Gasteiger partial charge in [-0.25, -0.2) is 0 Å². The number of H-pyrrole nitrogens is 1. The molecule has 0 spiro atoms. The molecule has 6 nitrogen and oxygen atoms in total. The van der Waals surface area contributed by atoms with Crippen LogP contribution < -0.4 is 10.6 Å². The standard InChI is InChI=1S/C10H16N4O2/c1-6-2-8(14-13-6)10(16)12-4-7-3-11-5-9(7)15/h2,7,9,11,15H,3-5H2,1H3,(H,12,16)(H,13,14). The van der Waals surface area contributed by atoms with Crippen molar-refractivity contribution in [2.45, 2.75) is 13.0 Å². The third-order valence-corrected chi connectivity index (χ3v) is 2.77. The molecule has 1 aliphatic rings. The van der Waals surface area contributed by atoms with Gasteiger partial charge in [-0.05, 0) is 13.0 Å². The molecule has 0 aliphatic carbocycles. The fourth-order valence-electron chi connectivity index (χ4n) is 1.78. The molecule has 88 valence electrons.